The van der Waals surface area contributed by atoms with Crippen LogP contribution >= 0.6 is 0 Å². The molecule has 0 N–H and O–H groups in total. The van der Waals surface area contributed by atoms with E-state index in [0.29, 0.717) is 0 Å². The highest BCUT2D eigenvalue weighted by molar-refractivity contribution is 6.93. The van der Waals surface area contributed by atoms with E-state index in [1.807, 2.05) is 6.20 Å². The Labute approximate surface area is 149 Å². The molecule has 0 saturated carbocycles. The Morgan fingerprint density at radius 1 is 0.750 bits per heavy atom. The van der Waals surface area contributed by atoms with E-state index >= 15 is 0 Å². The molecule has 0 amide bonds. The molecule has 0 fully saturated rings. The Hall–Kier alpha value is -1.31. The molecular formula is C22H35BN-. The van der Waals surface area contributed by atoms with Crippen molar-refractivity contribution in [3.05, 3.63) is 36.7 Å². The maximum atomic E-state index is 4.64. The zero-order valence-corrected chi connectivity index (χ0v) is 16.1. The fraction of sp³-hybridized carbons (Fsp3) is 0.591. The number of aromatic nitrogens is 1. The fourth-order valence-electron chi connectivity index (χ4n) is 4.50. The molecule has 1 aromatic heterocycles. The monoisotopic (exact) mass is 324 g/mol. The summed E-state index contributed by atoms with van der Waals surface area (Å²) in [5.74, 6) is 0. The van der Waals surface area contributed by atoms with Gasteiger partial charge in [-0.15, -0.1) is 0 Å². The van der Waals surface area contributed by atoms with Crippen molar-refractivity contribution in [2.75, 3.05) is 0 Å². The summed E-state index contributed by atoms with van der Waals surface area (Å²) in [6.07, 6.45) is 17.2. The standard InChI is InChI=1S/C22H35BN/c1-4-7-12-17-23(15-8-5-2,16-9-6-3)22-19-24-18-20-13-10-11-14-21(20)22/h10-11,13-14,18-19H,4-9,12,15-17H2,1-3H3/q-1. The quantitative estimate of drug-likeness (QED) is 0.332. The van der Waals surface area contributed by atoms with Gasteiger partial charge in [-0.3, -0.25) is 4.98 Å². The summed E-state index contributed by atoms with van der Waals surface area (Å²) < 4.78 is 0. The second-order valence-electron chi connectivity index (χ2n) is 7.71. The van der Waals surface area contributed by atoms with Gasteiger partial charge in [-0.25, -0.2) is 0 Å². The Balaban J connectivity index is 2.46. The van der Waals surface area contributed by atoms with Crippen LogP contribution in [0, 0.1) is 0 Å². The minimum absolute atomic E-state index is 0.492. The number of fused-ring (bicyclic) bond motifs is 1. The van der Waals surface area contributed by atoms with E-state index in [0.717, 1.165) is 0 Å². The van der Waals surface area contributed by atoms with Gasteiger partial charge in [0, 0.05) is 12.3 Å². The van der Waals surface area contributed by atoms with Crippen molar-refractivity contribution in [2.45, 2.75) is 84.7 Å². The average molecular weight is 324 g/mol. The van der Waals surface area contributed by atoms with Gasteiger partial charge in [0.25, 0.3) is 0 Å². The minimum atomic E-state index is -0.492. The van der Waals surface area contributed by atoms with Crippen molar-refractivity contribution in [1.82, 2.24) is 4.98 Å². The van der Waals surface area contributed by atoms with E-state index in [1.165, 1.54) is 74.7 Å². The lowest BCUT2D eigenvalue weighted by atomic mass is 9.16. The van der Waals surface area contributed by atoms with Gasteiger partial charge in [0.15, 0.2) is 0 Å². The van der Waals surface area contributed by atoms with E-state index in [-0.39, 0.29) is 0 Å². The van der Waals surface area contributed by atoms with Crippen LogP contribution in [-0.2, 0) is 0 Å². The van der Waals surface area contributed by atoms with E-state index in [2.05, 4.69) is 56.2 Å². The van der Waals surface area contributed by atoms with Gasteiger partial charge in [-0.05, 0) is 11.6 Å². The minimum Gasteiger partial charge on any atom is -0.267 e. The molecule has 0 spiro atoms. The Morgan fingerprint density at radius 2 is 1.38 bits per heavy atom. The van der Waals surface area contributed by atoms with Crippen LogP contribution in [0.4, 0.5) is 0 Å². The molecule has 0 aliphatic rings. The van der Waals surface area contributed by atoms with Crippen molar-refractivity contribution in [3.63, 3.8) is 0 Å². The van der Waals surface area contributed by atoms with E-state index in [4.69, 9.17) is 0 Å². The van der Waals surface area contributed by atoms with Crippen LogP contribution < -0.4 is 5.46 Å². The molecule has 0 atom stereocenters. The number of pyridine rings is 1. The average Bonchev–Trinajstić information content (AvgIpc) is 2.63. The molecule has 2 heteroatoms. The highest BCUT2D eigenvalue weighted by Gasteiger charge is 2.26. The number of unbranched alkanes of at least 4 members (excludes halogenated alkanes) is 4. The maximum absolute atomic E-state index is 4.64. The zero-order valence-electron chi connectivity index (χ0n) is 16.1. The molecule has 0 saturated heterocycles. The number of hydrogen-bond acceptors (Lipinski definition) is 1. The molecule has 2 aromatic rings. The second kappa shape index (κ2) is 9.86. The molecular weight excluding hydrogens is 289 g/mol. The Morgan fingerprint density at radius 3 is 2.04 bits per heavy atom. The van der Waals surface area contributed by atoms with Crippen LogP contribution in [0.15, 0.2) is 36.7 Å². The third-order valence-electron chi connectivity index (χ3n) is 5.94. The van der Waals surface area contributed by atoms with E-state index in [9.17, 15) is 0 Å². The summed E-state index contributed by atoms with van der Waals surface area (Å²) in [5.41, 5.74) is 1.58. The largest absolute Gasteiger partial charge is 0.267 e. The number of nitrogens with zero attached hydrogens (tertiary/aromatic N) is 1. The molecule has 2 rings (SSSR count). The first kappa shape index (κ1) is 19.0. The molecule has 24 heavy (non-hydrogen) atoms. The first-order chi connectivity index (χ1) is 11.8. The van der Waals surface area contributed by atoms with Crippen LogP contribution in [-0.4, -0.2) is 11.1 Å². The van der Waals surface area contributed by atoms with Crippen molar-refractivity contribution < 1.29 is 0 Å². The fourth-order valence-corrected chi connectivity index (χ4v) is 4.50. The number of hydrogen-bond donors (Lipinski definition) is 0. The Kier molecular flexibility index (Phi) is 7.82. The highest BCUT2D eigenvalue weighted by atomic mass is 14.6. The van der Waals surface area contributed by atoms with Crippen molar-refractivity contribution in [3.8, 4) is 0 Å². The van der Waals surface area contributed by atoms with Gasteiger partial charge in [0.1, 0.15) is 0 Å². The summed E-state index contributed by atoms with van der Waals surface area (Å²) >= 11 is 0. The third-order valence-corrected chi connectivity index (χ3v) is 5.94. The molecule has 1 aromatic carbocycles. The van der Waals surface area contributed by atoms with Crippen molar-refractivity contribution in [1.29, 1.82) is 0 Å². The number of benzene rings is 1. The van der Waals surface area contributed by atoms with Crippen LogP contribution in [0.3, 0.4) is 0 Å². The molecule has 0 aliphatic carbocycles. The van der Waals surface area contributed by atoms with Gasteiger partial charge in [0.05, 0.1) is 0 Å². The topological polar surface area (TPSA) is 12.9 Å². The molecule has 0 bridgehead atoms. The molecule has 1 nitrogen and oxygen atoms in total. The van der Waals surface area contributed by atoms with Crippen LogP contribution in [0.1, 0.15) is 65.7 Å². The van der Waals surface area contributed by atoms with Gasteiger partial charge >= 0.3 is 0 Å². The predicted molar refractivity (Wildman–Crippen MR) is 111 cm³/mol. The normalized spacial score (nSPS) is 12.0. The van der Waals surface area contributed by atoms with Crippen LogP contribution in [0.25, 0.3) is 10.8 Å². The SMILES string of the molecule is CCCCC[B-](CCCC)(CCCC)c1cncc2ccccc12. The molecule has 0 unspecified atom stereocenters. The third kappa shape index (κ3) is 4.62. The van der Waals surface area contributed by atoms with Gasteiger partial charge in [0.2, 0.25) is 0 Å². The van der Waals surface area contributed by atoms with Gasteiger partial charge < -0.3 is 0 Å². The summed E-state index contributed by atoms with van der Waals surface area (Å²) in [4.78, 5) is 4.64. The molecule has 132 valence electrons. The lowest BCUT2D eigenvalue weighted by molar-refractivity contribution is 0.748. The highest BCUT2D eigenvalue weighted by Crippen LogP contribution is 2.30. The zero-order chi connectivity index (χ0) is 17.3. The summed E-state index contributed by atoms with van der Waals surface area (Å²) in [7, 11) is 0. The summed E-state index contributed by atoms with van der Waals surface area (Å²) in [6.45, 7) is 6.97. The summed E-state index contributed by atoms with van der Waals surface area (Å²) in [5, 5.41) is 2.76. The van der Waals surface area contributed by atoms with E-state index < -0.39 is 6.15 Å². The van der Waals surface area contributed by atoms with Crippen LogP contribution in [0.5, 0.6) is 0 Å². The molecule has 0 radical (unpaired) electrons. The van der Waals surface area contributed by atoms with Gasteiger partial charge in [-0.2, -0.15) is 24.4 Å². The smallest absolute Gasteiger partial charge is 0.0343 e. The molecule has 0 aliphatic heterocycles. The first-order valence-corrected chi connectivity index (χ1v) is 10.3. The second-order valence-corrected chi connectivity index (χ2v) is 7.71. The lowest BCUT2D eigenvalue weighted by Crippen LogP contribution is -2.48. The maximum Gasteiger partial charge on any atom is 0.0343 e. The predicted octanol–water partition coefficient (Wildman–Crippen LogP) is 6.68. The molecule has 1 heterocycles. The Bertz CT molecular complexity index is 594. The first-order valence-electron chi connectivity index (χ1n) is 10.3. The lowest BCUT2D eigenvalue weighted by Gasteiger charge is -2.42. The van der Waals surface area contributed by atoms with E-state index in [1.54, 1.807) is 5.46 Å². The van der Waals surface area contributed by atoms with Crippen LogP contribution in [0.2, 0.25) is 19.0 Å². The van der Waals surface area contributed by atoms with Gasteiger partial charge in [-0.1, -0.05) is 95.4 Å². The van der Waals surface area contributed by atoms with Crippen molar-refractivity contribution >= 4 is 22.4 Å². The number of rotatable bonds is 11. The van der Waals surface area contributed by atoms with Crippen molar-refractivity contribution in [2.24, 2.45) is 0 Å². The summed E-state index contributed by atoms with van der Waals surface area (Å²) in [6, 6.07) is 8.87.